The molecular weight excluding hydrogens is 687 g/mol. The number of hydrogen-bond donors (Lipinski definition) is 0. The van der Waals surface area contributed by atoms with Crippen molar-refractivity contribution < 1.29 is 0 Å². The highest BCUT2D eigenvalue weighted by molar-refractivity contribution is 6.15. The van der Waals surface area contributed by atoms with Crippen molar-refractivity contribution in [2.24, 2.45) is 0 Å². The van der Waals surface area contributed by atoms with E-state index in [4.69, 9.17) is 0 Å². The Balaban J connectivity index is 1.17. The molecule has 0 saturated heterocycles. The zero-order chi connectivity index (χ0) is 36.7. The molecule has 0 aliphatic carbocycles. The summed E-state index contributed by atoms with van der Waals surface area (Å²) in [5.74, 6) is 0.616. The highest BCUT2D eigenvalue weighted by Gasteiger charge is 2.20. The summed E-state index contributed by atoms with van der Waals surface area (Å²) in [5, 5.41) is 7.19. The smallest absolute Gasteiger partial charge is 0.162 e. The summed E-state index contributed by atoms with van der Waals surface area (Å²) in [6.45, 7) is 0. The molecule has 0 spiro atoms. The van der Waals surface area contributed by atoms with Crippen molar-refractivity contribution in [1.82, 2.24) is 33.2 Å². The first-order valence-corrected chi connectivity index (χ1v) is 18.7. The lowest BCUT2D eigenvalue weighted by molar-refractivity contribution is 1.05. The van der Waals surface area contributed by atoms with E-state index in [1.54, 1.807) is 12.7 Å². The molecule has 5 heterocycles. The van der Waals surface area contributed by atoms with Crippen molar-refractivity contribution >= 4 is 65.4 Å². The molecule has 7 heteroatoms. The fourth-order valence-corrected chi connectivity index (χ4v) is 8.75. The molecule has 0 bridgehead atoms. The van der Waals surface area contributed by atoms with Gasteiger partial charge in [0, 0.05) is 73.0 Å². The number of rotatable bonds is 5. The molecule has 262 valence electrons. The van der Waals surface area contributed by atoms with Crippen molar-refractivity contribution in [2.45, 2.75) is 0 Å². The van der Waals surface area contributed by atoms with Gasteiger partial charge in [0.05, 0.1) is 33.1 Å². The van der Waals surface area contributed by atoms with Crippen LogP contribution in [0.1, 0.15) is 0 Å². The summed E-state index contributed by atoms with van der Waals surface area (Å²) < 4.78 is 9.34. The van der Waals surface area contributed by atoms with E-state index >= 15 is 0 Å². The monoisotopic (exact) mass is 717 g/mol. The summed E-state index contributed by atoms with van der Waals surface area (Å²) in [7, 11) is 0. The van der Waals surface area contributed by atoms with Crippen LogP contribution in [0.4, 0.5) is 0 Å². The van der Waals surface area contributed by atoms with Crippen molar-refractivity contribution in [2.75, 3.05) is 0 Å². The lowest BCUT2D eigenvalue weighted by atomic mass is 10.1. The van der Waals surface area contributed by atoms with Crippen LogP contribution in [0.2, 0.25) is 0 Å². The molecule has 0 saturated carbocycles. The van der Waals surface area contributed by atoms with Gasteiger partial charge in [-0.25, -0.2) is 15.0 Å². The van der Waals surface area contributed by atoms with Crippen LogP contribution in [0.25, 0.3) is 99.6 Å². The van der Waals surface area contributed by atoms with Crippen LogP contribution in [-0.4, -0.2) is 33.2 Å². The number of fused-ring (bicyclic) bond motifs is 8. The van der Waals surface area contributed by atoms with Crippen molar-refractivity contribution in [1.29, 1.82) is 0 Å². The van der Waals surface area contributed by atoms with Gasteiger partial charge in [0.15, 0.2) is 5.82 Å². The molecule has 0 radical (unpaired) electrons. The van der Waals surface area contributed by atoms with E-state index < -0.39 is 0 Å². The number of benzene rings is 7. The van der Waals surface area contributed by atoms with E-state index in [0.29, 0.717) is 5.82 Å². The maximum Gasteiger partial charge on any atom is 0.162 e. The molecule has 0 fully saturated rings. The van der Waals surface area contributed by atoms with Crippen LogP contribution in [0.15, 0.2) is 189 Å². The first-order valence-electron chi connectivity index (χ1n) is 18.7. The average molecular weight is 718 g/mol. The average Bonchev–Trinajstić information content (AvgIpc) is 4.03. The Morgan fingerprint density at radius 2 is 0.804 bits per heavy atom. The van der Waals surface area contributed by atoms with Gasteiger partial charge in [-0.05, 0) is 91.0 Å². The lowest BCUT2D eigenvalue weighted by Gasteiger charge is -2.15. The van der Waals surface area contributed by atoms with E-state index in [0.717, 1.165) is 61.4 Å². The zero-order valence-electron chi connectivity index (χ0n) is 30.0. The summed E-state index contributed by atoms with van der Waals surface area (Å²) in [5.41, 5.74) is 12.0. The maximum atomic E-state index is 4.65. The minimum absolute atomic E-state index is 0.616. The molecule has 7 nitrogen and oxygen atoms in total. The fourth-order valence-electron chi connectivity index (χ4n) is 8.75. The molecule has 0 amide bonds. The molecule has 12 rings (SSSR count). The molecule has 5 aromatic heterocycles. The Kier molecular flexibility index (Phi) is 6.50. The third-order valence-corrected chi connectivity index (χ3v) is 11.2. The van der Waals surface area contributed by atoms with Crippen LogP contribution in [0.3, 0.4) is 0 Å². The van der Waals surface area contributed by atoms with E-state index in [1.165, 1.54) is 32.3 Å². The molecule has 7 aromatic carbocycles. The molecule has 12 aromatic rings. The van der Waals surface area contributed by atoms with Gasteiger partial charge in [0.25, 0.3) is 0 Å². The Hall–Kier alpha value is -7.77. The molecule has 0 aliphatic heterocycles. The Morgan fingerprint density at radius 1 is 0.339 bits per heavy atom. The van der Waals surface area contributed by atoms with Gasteiger partial charge in [-0.1, -0.05) is 72.8 Å². The van der Waals surface area contributed by atoms with Gasteiger partial charge < -0.3 is 18.3 Å². The van der Waals surface area contributed by atoms with Gasteiger partial charge >= 0.3 is 0 Å². The predicted molar refractivity (Wildman–Crippen MR) is 228 cm³/mol. The van der Waals surface area contributed by atoms with Crippen LogP contribution in [-0.2, 0) is 0 Å². The van der Waals surface area contributed by atoms with Crippen molar-refractivity contribution in [3.8, 4) is 34.1 Å². The van der Waals surface area contributed by atoms with Crippen LogP contribution < -0.4 is 0 Å². The van der Waals surface area contributed by atoms with E-state index in [-0.39, 0.29) is 0 Å². The van der Waals surface area contributed by atoms with E-state index in [2.05, 4.69) is 209 Å². The van der Waals surface area contributed by atoms with Crippen LogP contribution in [0, 0.1) is 0 Å². The second-order valence-corrected chi connectivity index (χ2v) is 14.3. The first-order chi connectivity index (χ1) is 27.8. The summed E-state index contributed by atoms with van der Waals surface area (Å²) >= 11 is 0. The highest BCUT2D eigenvalue weighted by Crippen LogP contribution is 2.40. The number of aromatic nitrogens is 7. The normalized spacial score (nSPS) is 11.9. The van der Waals surface area contributed by atoms with E-state index in [1.807, 2.05) is 0 Å². The van der Waals surface area contributed by atoms with Crippen molar-refractivity contribution in [3.63, 3.8) is 0 Å². The quantitative estimate of drug-likeness (QED) is 0.178. The lowest BCUT2D eigenvalue weighted by Crippen LogP contribution is -2.01. The fraction of sp³-hybridized carbons (Fsp3) is 0. The maximum absolute atomic E-state index is 4.65. The third kappa shape index (κ3) is 4.55. The topological polar surface area (TPSA) is 58.4 Å². The molecule has 0 unspecified atom stereocenters. The Bertz CT molecular complexity index is 3250. The van der Waals surface area contributed by atoms with Gasteiger partial charge in [-0.3, -0.25) is 0 Å². The summed E-state index contributed by atoms with van der Waals surface area (Å²) in [4.78, 5) is 13.5. The highest BCUT2D eigenvalue weighted by atomic mass is 15.0. The van der Waals surface area contributed by atoms with Gasteiger partial charge in [0.2, 0.25) is 0 Å². The van der Waals surface area contributed by atoms with Gasteiger partial charge in [0.1, 0.15) is 12.7 Å². The van der Waals surface area contributed by atoms with Crippen LogP contribution in [0.5, 0.6) is 0 Å². The molecule has 56 heavy (non-hydrogen) atoms. The second-order valence-electron chi connectivity index (χ2n) is 14.3. The second kappa shape index (κ2) is 11.9. The SMILES string of the molecule is c1ccc(-n2ccc3cc4c5ccccc5n(-c5cc(-c6ncncn6)cc(-n6c7ccccc7c7cc8ccn(-c9ccccc9)c8cc76)c5)c4cc32)cc1. The number of para-hydroxylation sites is 4. The first kappa shape index (κ1) is 30.7. The van der Waals surface area contributed by atoms with E-state index in [9.17, 15) is 0 Å². The largest absolute Gasteiger partial charge is 0.316 e. The Morgan fingerprint density at radius 3 is 1.30 bits per heavy atom. The minimum atomic E-state index is 0.616. The van der Waals surface area contributed by atoms with Crippen molar-refractivity contribution in [3.05, 3.63) is 189 Å². The Labute approximate surface area is 320 Å². The standard InChI is InChI=1S/C49H31N7/c1-3-11-35(12-4-1)53-21-19-32-25-41-39-15-7-9-17-43(39)55(47(41)28-45(32)53)37-23-34(49-51-30-50-31-52-49)24-38(27-37)56-44-18-10-8-16-40(44)42-26-33-20-22-54(46(33)29-48(42)56)36-13-5-2-6-14-36/h1-31H. The summed E-state index contributed by atoms with van der Waals surface area (Å²) in [6, 6.07) is 58.9. The third-order valence-electron chi connectivity index (χ3n) is 11.2. The zero-order valence-corrected chi connectivity index (χ0v) is 30.0. The number of hydrogen-bond acceptors (Lipinski definition) is 3. The van der Waals surface area contributed by atoms with Gasteiger partial charge in [-0.15, -0.1) is 0 Å². The molecule has 0 atom stereocenters. The summed E-state index contributed by atoms with van der Waals surface area (Å²) in [6.07, 6.45) is 7.47. The van der Waals surface area contributed by atoms with Gasteiger partial charge in [-0.2, -0.15) is 0 Å². The molecule has 0 N–H and O–H groups in total. The van der Waals surface area contributed by atoms with Crippen LogP contribution >= 0.6 is 0 Å². The molecular formula is C49H31N7. The predicted octanol–water partition coefficient (Wildman–Crippen LogP) is 11.6. The minimum Gasteiger partial charge on any atom is -0.316 e. The molecule has 0 aliphatic rings. The number of nitrogens with zero attached hydrogens (tertiary/aromatic N) is 7.